The van der Waals surface area contributed by atoms with Crippen LogP contribution in [0.2, 0.25) is 0 Å². The molecule has 0 unspecified atom stereocenters. The fourth-order valence-corrected chi connectivity index (χ4v) is 2.94. The summed E-state index contributed by atoms with van der Waals surface area (Å²) in [4.78, 5) is 11.1. The van der Waals surface area contributed by atoms with Gasteiger partial charge in [0.2, 0.25) is 0 Å². The lowest BCUT2D eigenvalue weighted by Crippen LogP contribution is -2.32. The van der Waals surface area contributed by atoms with Crippen molar-refractivity contribution < 1.29 is 13.9 Å². The van der Waals surface area contributed by atoms with Gasteiger partial charge in [-0.05, 0) is 25.3 Å². The van der Waals surface area contributed by atoms with E-state index in [1.54, 1.807) is 19.4 Å². The van der Waals surface area contributed by atoms with Crippen LogP contribution in [0, 0.1) is 11.3 Å². The van der Waals surface area contributed by atoms with E-state index in [2.05, 4.69) is 26.8 Å². The van der Waals surface area contributed by atoms with Gasteiger partial charge >= 0.3 is 0 Å². The quantitative estimate of drug-likeness (QED) is 0.601. The van der Waals surface area contributed by atoms with E-state index >= 15 is 0 Å². The fourth-order valence-electron chi connectivity index (χ4n) is 2.94. The minimum absolute atomic E-state index is 0.121. The van der Waals surface area contributed by atoms with Crippen LogP contribution >= 0.6 is 0 Å². The molecule has 2 rings (SSSR count). The molecule has 1 aliphatic rings. The number of rotatable bonds is 4. The van der Waals surface area contributed by atoms with Crippen LogP contribution in [0.15, 0.2) is 28.4 Å². The molecule has 0 aromatic carbocycles. The minimum atomic E-state index is -0.221. The van der Waals surface area contributed by atoms with Crippen LogP contribution in [-0.2, 0) is 4.74 Å². The monoisotopic (exact) mass is 248 g/mol. The Kier molecular flexibility index (Phi) is 3.44. The molecular formula is C15H20O3. The van der Waals surface area contributed by atoms with Gasteiger partial charge in [-0.2, -0.15) is 0 Å². The van der Waals surface area contributed by atoms with Crippen LogP contribution in [0.25, 0.3) is 0 Å². The van der Waals surface area contributed by atoms with Crippen molar-refractivity contribution in [3.63, 3.8) is 0 Å². The molecule has 3 nitrogen and oxygen atoms in total. The number of aldehydes is 1. The summed E-state index contributed by atoms with van der Waals surface area (Å²) in [5.41, 5.74) is 1.76. The van der Waals surface area contributed by atoms with E-state index in [4.69, 9.17) is 9.15 Å². The Morgan fingerprint density at radius 1 is 1.61 bits per heavy atom. The van der Waals surface area contributed by atoms with Crippen molar-refractivity contribution in [2.45, 2.75) is 33.3 Å². The van der Waals surface area contributed by atoms with Crippen LogP contribution < -0.4 is 0 Å². The topological polar surface area (TPSA) is 39.4 Å². The molecule has 98 valence electrons. The predicted octanol–water partition coefficient (Wildman–Crippen LogP) is 3.77. The average Bonchev–Trinajstić information content (AvgIpc) is 2.92. The van der Waals surface area contributed by atoms with Gasteiger partial charge in [0.05, 0.1) is 11.8 Å². The maximum Gasteiger partial charge on any atom is 0.153 e. The fraction of sp³-hybridized carbons (Fsp3) is 0.533. The van der Waals surface area contributed by atoms with Crippen molar-refractivity contribution in [1.29, 1.82) is 0 Å². The number of carbonyl (C=O) groups is 1. The van der Waals surface area contributed by atoms with E-state index in [9.17, 15) is 4.79 Å². The number of furan rings is 1. The van der Waals surface area contributed by atoms with Gasteiger partial charge < -0.3 is 9.15 Å². The second kappa shape index (κ2) is 4.73. The molecule has 18 heavy (non-hydrogen) atoms. The largest absolute Gasteiger partial charge is 0.466 e. The van der Waals surface area contributed by atoms with Crippen LogP contribution in [0.3, 0.4) is 0 Å². The SMILES string of the molecule is CO[C@H](c1occc1C=O)[C@]1(C)C(C)=CC[C@H]1C. The van der Waals surface area contributed by atoms with E-state index < -0.39 is 0 Å². The van der Waals surface area contributed by atoms with Gasteiger partial charge in [-0.1, -0.05) is 25.5 Å². The van der Waals surface area contributed by atoms with Crippen LogP contribution in [0.1, 0.15) is 49.4 Å². The van der Waals surface area contributed by atoms with Crippen molar-refractivity contribution in [2.75, 3.05) is 7.11 Å². The van der Waals surface area contributed by atoms with Crippen LogP contribution in [0.4, 0.5) is 0 Å². The zero-order valence-electron chi connectivity index (χ0n) is 11.4. The summed E-state index contributed by atoms with van der Waals surface area (Å²) in [5, 5.41) is 0. The molecule has 3 heteroatoms. The number of ether oxygens (including phenoxy) is 1. The van der Waals surface area contributed by atoms with Gasteiger partial charge in [-0.25, -0.2) is 0 Å². The minimum Gasteiger partial charge on any atom is -0.466 e. The van der Waals surface area contributed by atoms with Crippen molar-refractivity contribution >= 4 is 6.29 Å². The third-order valence-corrected chi connectivity index (χ3v) is 4.52. The molecule has 0 saturated carbocycles. The standard InChI is InChI=1S/C15H20O3/c1-10-5-6-11(2)15(10,3)14(17-4)13-12(9-16)7-8-18-13/h5,7-9,11,14H,6H2,1-4H3/t11-,14-,15-/m1/s1. The lowest BCUT2D eigenvalue weighted by molar-refractivity contribution is -0.0210. The molecule has 0 radical (unpaired) electrons. The zero-order valence-corrected chi connectivity index (χ0v) is 11.4. The van der Waals surface area contributed by atoms with E-state index in [0.717, 1.165) is 12.7 Å². The number of hydrogen-bond donors (Lipinski definition) is 0. The van der Waals surface area contributed by atoms with E-state index in [0.29, 0.717) is 17.2 Å². The molecule has 3 atom stereocenters. The Labute approximate surface area is 108 Å². The maximum absolute atomic E-state index is 11.1. The van der Waals surface area contributed by atoms with Crippen molar-refractivity contribution in [3.05, 3.63) is 35.3 Å². The highest BCUT2D eigenvalue weighted by Crippen LogP contribution is 2.53. The third-order valence-electron chi connectivity index (χ3n) is 4.52. The van der Waals surface area contributed by atoms with Crippen molar-refractivity contribution in [2.24, 2.45) is 11.3 Å². The highest BCUT2D eigenvalue weighted by atomic mass is 16.5. The first kappa shape index (κ1) is 13.1. The molecule has 1 aromatic rings. The van der Waals surface area contributed by atoms with E-state index in [-0.39, 0.29) is 11.5 Å². The normalized spacial score (nSPS) is 29.1. The smallest absolute Gasteiger partial charge is 0.153 e. The first-order valence-corrected chi connectivity index (χ1v) is 6.28. The third kappa shape index (κ3) is 1.74. The number of hydrogen-bond acceptors (Lipinski definition) is 3. The molecule has 0 fully saturated rings. The number of allylic oxidation sites excluding steroid dienone is 1. The van der Waals surface area contributed by atoms with E-state index in [1.807, 2.05) is 0 Å². The summed E-state index contributed by atoms with van der Waals surface area (Å²) in [7, 11) is 1.67. The van der Waals surface area contributed by atoms with Crippen molar-refractivity contribution in [3.8, 4) is 0 Å². The molecule has 0 N–H and O–H groups in total. The van der Waals surface area contributed by atoms with Crippen LogP contribution in [0.5, 0.6) is 0 Å². The molecule has 0 aliphatic heterocycles. The first-order valence-electron chi connectivity index (χ1n) is 6.28. The number of methoxy groups -OCH3 is 1. The Morgan fingerprint density at radius 2 is 2.33 bits per heavy atom. The maximum atomic E-state index is 11.1. The summed E-state index contributed by atoms with van der Waals surface area (Å²) in [6.07, 6.45) is 5.45. The summed E-state index contributed by atoms with van der Waals surface area (Å²) >= 11 is 0. The van der Waals surface area contributed by atoms with Gasteiger partial charge in [0.15, 0.2) is 6.29 Å². The van der Waals surface area contributed by atoms with Crippen molar-refractivity contribution in [1.82, 2.24) is 0 Å². The van der Waals surface area contributed by atoms with Gasteiger partial charge in [0, 0.05) is 12.5 Å². The Balaban J connectivity index is 2.46. The van der Waals surface area contributed by atoms with Gasteiger partial charge in [0.25, 0.3) is 0 Å². The van der Waals surface area contributed by atoms with Gasteiger partial charge in [-0.3, -0.25) is 4.79 Å². The molecule has 0 amide bonds. The lowest BCUT2D eigenvalue weighted by Gasteiger charge is -2.38. The van der Waals surface area contributed by atoms with Gasteiger partial charge in [-0.15, -0.1) is 0 Å². The second-order valence-electron chi connectivity index (χ2n) is 5.28. The second-order valence-corrected chi connectivity index (χ2v) is 5.28. The molecule has 0 bridgehead atoms. The Bertz CT molecular complexity index is 472. The highest BCUT2D eigenvalue weighted by molar-refractivity contribution is 5.76. The van der Waals surface area contributed by atoms with Gasteiger partial charge in [0.1, 0.15) is 11.9 Å². The molecular weight excluding hydrogens is 228 g/mol. The summed E-state index contributed by atoms with van der Waals surface area (Å²) < 4.78 is 11.2. The summed E-state index contributed by atoms with van der Waals surface area (Å²) in [6, 6.07) is 1.69. The Hall–Kier alpha value is -1.35. The molecule has 1 aliphatic carbocycles. The summed E-state index contributed by atoms with van der Waals surface area (Å²) in [6.45, 7) is 6.52. The molecule has 0 saturated heterocycles. The van der Waals surface area contributed by atoms with E-state index in [1.165, 1.54) is 5.57 Å². The average molecular weight is 248 g/mol. The highest BCUT2D eigenvalue weighted by Gasteiger charge is 2.46. The predicted molar refractivity (Wildman–Crippen MR) is 69.5 cm³/mol. The zero-order chi connectivity index (χ0) is 13.3. The first-order chi connectivity index (χ1) is 8.55. The Morgan fingerprint density at radius 3 is 2.83 bits per heavy atom. The lowest BCUT2D eigenvalue weighted by atomic mass is 9.71. The molecule has 1 heterocycles. The molecule has 1 aromatic heterocycles. The number of carbonyl (C=O) groups excluding carboxylic acids is 1. The summed E-state index contributed by atoms with van der Waals surface area (Å²) in [5.74, 6) is 1.10. The molecule has 0 spiro atoms. The van der Waals surface area contributed by atoms with Crippen LogP contribution in [-0.4, -0.2) is 13.4 Å².